The van der Waals surface area contributed by atoms with Gasteiger partial charge in [-0.05, 0) is 12.8 Å². The van der Waals surface area contributed by atoms with Crippen molar-refractivity contribution >= 4 is 11.3 Å². The molecule has 1 rings (SSSR count). The Kier molecular flexibility index (Phi) is 5.56. The van der Waals surface area contributed by atoms with E-state index in [1.807, 2.05) is 6.20 Å². The highest BCUT2D eigenvalue weighted by Gasteiger charge is 2.18. The molecule has 0 amide bonds. The Labute approximate surface area is 108 Å². The number of aliphatic hydroxyl groups is 1. The second kappa shape index (κ2) is 6.47. The SMILES string of the molecule is CCC(CCO)NCc1cnc(C(C)(C)C)s1. The topological polar surface area (TPSA) is 45.1 Å². The Morgan fingerprint density at radius 2 is 2.18 bits per heavy atom. The Bertz CT molecular complexity index is 330. The average molecular weight is 256 g/mol. The lowest BCUT2D eigenvalue weighted by Gasteiger charge is -2.15. The molecule has 0 aliphatic heterocycles. The van der Waals surface area contributed by atoms with Gasteiger partial charge in [-0.3, -0.25) is 0 Å². The van der Waals surface area contributed by atoms with E-state index in [-0.39, 0.29) is 12.0 Å². The van der Waals surface area contributed by atoms with Crippen molar-refractivity contribution in [3.05, 3.63) is 16.1 Å². The third kappa shape index (κ3) is 4.74. The molecular weight excluding hydrogens is 232 g/mol. The van der Waals surface area contributed by atoms with E-state index in [0.717, 1.165) is 19.4 Å². The molecule has 0 spiro atoms. The lowest BCUT2D eigenvalue weighted by atomic mass is 9.98. The van der Waals surface area contributed by atoms with Crippen molar-refractivity contribution in [1.29, 1.82) is 0 Å². The van der Waals surface area contributed by atoms with E-state index in [1.165, 1.54) is 9.88 Å². The fourth-order valence-corrected chi connectivity index (χ4v) is 2.51. The van der Waals surface area contributed by atoms with Crippen molar-refractivity contribution in [2.45, 2.75) is 58.5 Å². The molecule has 1 heterocycles. The Balaban J connectivity index is 2.49. The Hall–Kier alpha value is -0.450. The first kappa shape index (κ1) is 14.6. The van der Waals surface area contributed by atoms with Crippen LogP contribution in [-0.4, -0.2) is 22.7 Å². The van der Waals surface area contributed by atoms with Gasteiger partial charge in [0.05, 0.1) is 5.01 Å². The summed E-state index contributed by atoms with van der Waals surface area (Å²) >= 11 is 1.77. The van der Waals surface area contributed by atoms with E-state index in [1.54, 1.807) is 11.3 Å². The lowest BCUT2D eigenvalue weighted by Crippen LogP contribution is -2.28. The average Bonchev–Trinajstić information content (AvgIpc) is 2.72. The molecule has 0 aliphatic carbocycles. The zero-order chi connectivity index (χ0) is 12.9. The zero-order valence-electron chi connectivity index (χ0n) is 11.3. The van der Waals surface area contributed by atoms with Crippen LogP contribution in [0.4, 0.5) is 0 Å². The molecule has 98 valence electrons. The monoisotopic (exact) mass is 256 g/mol. The van der Waals surface area contributed by atoms with Gasteiger partial charge in [-0.2, -0.15) is 0 Å². The standard InChI is InChI=1S/C13H24N2OS/c1-5-10(6-7-16)14-8-11-9-15-12(17-11)13(2,3)4/h9-10,14,16H,5-8H2,1-4H3. The summed E-state index contributed by atoms with van der Waals surface area (Å²) in [6, 6.07) is 0.403. The molecule has 1 aromatic heterocycles. The van der Waals surface area contributed by atoms with Crippen molar-refractivity contribution in [2.24, 2.45) is 0 Å². The van der Waals surface area contributed by atoms with Crippen molar-refractivity contribution in [3.8, 4) is 0 Å². The second-order valence-corrected chi connectivity index (χ2v) is 6.50. The van der Waals surface area contributed by atoms with Crippen molar-refractivity contribution < 1.29 is 5.11 Å². The molecule has 3 nitrogen and oxygen atoms in total. The van der Waals surface area contributed by atoms with Gasteiger partial charge in [-0.1, -0.05) is 27.7 Å². The molecule has 1 unspecified atom stereocenters. The van der Waals surface area contributed by atoms with Crippen LogP contribution in [0.1, 0.15) is 50.4 Å². The number of hydrogen-bond acceptors (Lipinski definition) is 4. The van der Waals surface area contributed by atoms with Crippen LogP contribution in [0, 0.1) is 0 Å². The van der Waals surface area contributed by atoms with E-state index in [4.69, 9.17) is 5.11 Å². The summed E-state index contributed by atoms with van der Waals surface area (Å²) in [6.07, 6.45) is 3.83. The lowest BCUT2D eigenvalue weighted by molar-refractivity contribution is 0.262. The van der Waals surface area contributed by atoms with E-state index in [0.29, 0.717) is 6.04 Å². The van der Waals surface area contributed by atoms with Gasteiger partial charge in [-0.25, -0.2) is 4.98 Å². The molecule has 17 heavy (non-hydrogen) atoms. The first-order valence-corrected chi connectivity index (χ1v) is 7.08. The van der Waals surface area contributed by atoms with E-state index in [9.17, 15) is 0 Å². The fraction of sp³-hybridized carbons (Fsp3) is 0.769. The van der Waals surface area contributed by atoms with Crippen LogP contribution < -0.4 is 5.32 Å². The van der Waals surface area contributed by atoms with Crippen LogP contribution in [0.25, 0.3) is 0 Å². The van der Waals surface area contributed by atoms with Gasteiger partial charge < -0.3 is 10.4 Å². The van der Waals surface area contributed by atoms with Crippen LogP contribution in [0.5, 0.6) is 0 Å². The highest BCUT2D eigenvalue weighted by molar-refractivity contribution is 7.11. The summed E-state index contributed by atoms with van der Waals surface area (Å²) < 4.78 is 0. The second-order valence-electron chi connectivity index (χ2n) is 5.38. The van der Waals surface area contributed by atoms with Crippen LogP contribution >= 0.6 is 11.3 Å². The smallest absolute Gasteiger partial charge is 0.0981 e. The normalized spacial score (nSPS) is 13.9. The number of rotatable bonds is 6. The number of aromatic nitrogens is 1. The summed E-state index contributed by atoms with van der Waals surface area (Å²) in [5.41, 5.74) is 0.137. The summed E-state index contributed by atoms with van der Waals surface area (Å²) in [5.74, 6) is 0. The molecule has 1 atom stereocenters. The van der Waals surface area contributed by atoms with Crippen LogP contribution in [0.3, 0.4) is 0 Å². The zero-order valence-corrected chi connectivity index (χ0v) is 12.1. The van der Waals surface area contributed by atoms with E-state index >= 15 is 0 Å². The molecule has 0 fully saturated rings. The first-order chi connectivity index (χ1) is 7.97. The fourth-order valence-electron chi connectivity index (χ4n) is 1.59. The molecule has 0 bridgehead atoms. The van der Waals surface area contributed by atoms with Crippen LogP contribution in [-0.2, 0) is 12.0 Å². The first-order valence-electron chi connectivity index (χ1n) is 6.26. The predicted molar refractivity (Wildman–Crippen MR) is 73.4 cm³/mol. The van der Waals surface area contributed by atoms with E-state index in [2.05, 4.69) is 38.0 Å². The van der Waals surface area contributed by atoms with Crippen molar-refractivity contribution in [1.82, 2.24) is 10.3 Å². The minimum Gasteiger partial charge on any atom is -0.396 e. The minimum absolute atomic E-state index is 0.137. The number of nitrogens with one attached hydrogen (secondary N) is 1. The number of thiazole rings is 1. The third-order valence-electron chi connectivity index (χ3n) is 2.73. The van der Waals surface area contributed by atoms with Gasteiger partial charge >= 0.3 is 0 Å². The van der Waals surface area contributed by atoms with E-state index < -0.39 is 0 Å². The maximum absolute atomic E-state index is 8.93. The van der Waals surface area contributed by atoms with Gasteiger partial charge in [0.15, 0.2) is 0 Å². The Morgan fingerprint density at radius 1 is 1.47 bits per heavy atom. The highest BCUT2D eigenvalue weighted by atomic mass is 32.1. The van der Waals surface area contributed by atoms with Crippen molar-refractivity contribution in [3.63, 3.8) is 0 Å². The molecule has 0 saturated heterocycles. The summed E-state index contributed by atoms with van der Waals surface area (Å²) in [7, 11) is 0. The molecule has 1 aromatic rings. The minimum atomic E-state index is 0.137. The summed E-state index contributed by atoms with van der Waals surface area (Å²) in [5, 5.41) is 13.6. The molecular formula is C13H24N2OS. The molecule has 2 N–H and O–H groups in total. The Morgan fingerprint density at radius 3 is 2.65 bits per heavy atom. The summed E-state index contributed by atoms with van der Waals surface area (Å²) in [4.78, 5) is 5.74. The van der Waals surface area contributed by atoms with Gasteiger partial charge in [0.2, 0.25) is 0 Å². The summed E-state index contributed by atoms with van der Waals surface area (Å²) in [6.45, 7) is 9.80. The maximum Gasteiger partial charge on any atom is 0.0981 e. The van der Waals surface area contributed by atoms with Gasteiger partial charge in [-0.15, -0.1) is 11.3 Å². The molecule has 4 heteroatoms. The largest absolute Gasteiger partial charge is 0.396 e. The number of hydrogen-bond donors (Lipinski definition) is 2. The van der Waals surface area contributed by atoms with Gasteiger partial charge in [0.1, 0.15) is 0 Å². The molecule has 0 aliphatic rings. The quantitative estimate of drug-likeness (QED) is 0.822. The van der Waals surface area contributed by atoms with Crippen LogP contribution in [0.15, 0.2) is 6.20 Å². The molecule has 0 radical (unpaired) electrons. The van der Waals surface area contributed by atoms with Gasteiger partial charge in [0.25, 0.3) is 0 Å². The number of nitrogens with zero attached hydrogens (tertiary/aromatic N) is 1. The molecule has 0 saturated carbocycles. The predicted octanol–water partition coefficient (Wildman–Crippen LogP) is 2.69. The third-order valence-corrected chi connectivity index (χ3v) is 4.15. The van der Waals surface area contributed by atoms with Crippen molar-refractivity contribution in [2.75, 3.05) is 6.61 Å². The van der Waals surface area contributed by atoms with Crippen LogP contribution in [0.2, 0.25) is 0 Å². The number of aliphatic hydroxyl groups excluding tert-OH is 1. The highest BCUT2D eigenvalue weighted by Crippen LogP contribution is 2.26. The molecule has 0 aromatic carbocycles. The van der Waals surface area contributed by atoms with Gasteiger partial charge in [0, 0.05) is 35.7 Å². The maximum atomic E-state index is 8.93.